The maximum absolute atomic E-state index is 9.80. The molecule has 0 radical (unpaired) electrons. The van der Waals surface area contributed by atoms with Crippen molar-refractivity contribution in [3.05, 3.63) is 0 Å². The van der Waals surface area contributed by atoms with Gasteiger partial charge in [0.1, 0.15) is 0 Å². The Bertz CT molecular complexity index is 115. The molecule has 0 heterocycles. The molecular formula is C4H4NO4+. The van der Waals surface area contributed by atoms with Crippen LogP contribution >= 0.6 is 0 Å². The van der Waals surface area contributed by atoms with Crippen molar-refractivity contribution in [2.75, 3.05) is 0 Å². The van der Waals surface area contributed by atoms with E-state index in [4.69, 9.17) is 0 Å². The van der Waals surface area contributed by atoms with Gasteiger partial charge in [-0.2, -0.15) is 0 Å². The molecule has 0 N–H and O–H groups in total. The summed E-state index contributed by atoms with van der Waals surface area (Å²) in [6.45, 7) is 0. The lowest BCUT2D eigenvalue weighted by Crippen LogP contribution is -2.42. The largest absolute Gasteiger partial charge is 0.323 e. The van der Waals surface area contributed by atoms with E-state index in [0.717, 1.165) is 0 Å². The number of imide groups is 6. The van der Waals surface area contributed by atoms with Crippen LogP contribution in [-0.4, -0.2) is 30.1 Å². The molecule has 5 nitrogen and oxygen atoms in total. The Labute approximate surface area is 50.4 Å². The average molecular weight is 130 g/mol. The highest BCUT2D eigenvalue weighted by molar-refractivity contribution is 5.82. The van der Waals surface area contributed by atoms with Crippen molar-refractivity contribution in [2.45, 2.75) is 0 Å². The molecule has 48 valence electrons. The Kier molecular flexibility index (Phi) is 2.40. The van der Waals surface area contributed by atoms with Crippen molar-refractivity contribution in [2.24, 2.45) is 0 Å². The smallest absolute Gasteiger partial charge is 0.232 e. The molecule has 4 amide bonds. The van der Waals surface area contributed by atoms with Crippen LogP contribution in [0, 0.1) is 0 Å². The van der Waals surface area contributed by atoms with Gasteiger partial charge >= 0.3 is 25.6 Å². The number of amides is 4. The molecule has 0 aromatic rings. The van der Waals surface area contributed by atoms with E-state index in [-0.39, 0.29) is 25.6 Å². The maximum atomic E-state index is 9.80. The normalized spacial score (nSPS) is 9.78. The zero-order chi connectivity index (χ0) is 7.33. The lowest BCUT2D eigenvalue weighted by Gasteiger charge is -2.02. The molecule has 0 fully saturated rings. The van der Waals surface area contributed by atoms with Crippen LogP contribution in [0.25, 0.3) is 0 Å². The predicted octanol–water partition coefficient (Wildman–Crippen LogP) is -1.57. The number of rotatable bonds is 4. The van der Waals surface area contributed by atoms with Gasteiger partial charge in [0.15, 0.2) is 0 Å². The topological polar surface area (TPSA) is 68.3 Å². The van der Waals surface area contributed by atoms with Gasteiger partial charge < -0.3 is 0 Å². The standard InChI is InChI=1S/C4H4NO4/c6-1-5(2-7,3-8)4-9/h1-4H/q+1. The van der Waals surface area contributed by atoms with Gasteiger partial charge in [-0.25, -0.2) is 19.2 Å². The summed E-state index contributed by atoms with van der Waals surface area (Å²) in [5.74, 6) is 0. The summed E-state index contributed by atoms with van der Waals surface area (Å²) in [5.41, 5.74) is 0. The zero-order valence-electron chi connectivity index (χ0n) is 4.39. The summed E-state index contributed by atoms with van der Waals surface area (Å²) in [4.78, 5) is 39.2. The summed E-state index contributed by atoms with van der Waals surface area (Å²) >= 11 is 0. The second-order valence-corrected chi connectivity index (χ2v) is 1.32. The second-order valence-electron chi connectivity index (χ2n) is 1.32. The first-order valence-corrected chi connectivity index (χ1v) is 1.98. The molecule has 0 saturated heterocycles. The van der Waals surface area contributed by atoms with Crippen molar-refractivity contribution >= 4 is 25.6 Å². The molecule has 0 bridgehead atoms. The molecule has 0 aromatic heterocycles. The fraction of sp³-hybridized carbons (Fsp3) is 0. The van der Waals surface area contributed by atoms with Crippen molar-refractivity contribution in [1.82, 2.24) is 0 Å². The number of hydrogen-bond acceptors (Lipinski definition) is 4. The summed E-state index contributed by atoms with van der Waals surface area (Å²) in [5, 5.41) is 0. The molecule has 0 unspecified atom stereocenters. The summed E-state index contributed by atoms with van der Waals surface area (Å²) in [7, 11) is 0. The van der Waals surface area contributed by atoms with Crippen LogP contribution in [0.15, 0.2) is 0 Å². The van der Waals surface area contributed by atoms with E-state index in [1.807, 2.05) is 0 Å². The molecule has 0 rings (SSSR count). The second kappa shape index (κ2) is 2.83. The molecule has 9 heavy (non-hydrogen) atoms. The number of carbonyl (C=O) groups excluding carboxylic acids is 4. The Balaban J connectivity index is 4.53. The monoisotopic (exact) mass is 130 g/mol. The third-order valence-corrected chi connectivity index (χ3v) is 0.730. The fourth-order valence-electron chi connectivity index (χ4n) is 0.149. The maximum Gasteiger partial charge on any atom is 0.323 e. The molecule has 0 aliphatic heterocycles. The first-order chi connectivity index (χ1) is 4.24. The highest BCUT2D eigenvalue weighted by Crippen LogP contribution is 1.83. The lowest BCUT2D eigenvalue weighted by atomic mass is 10.7. The van der Waals surface area contributed by atoms with Crippen molar-refractivity contribution < 1.29 is 23.7 Å². The van der Waals surface area contributed by atoms with Gasteiger partial charge in [0.25, 0.3) is 0 Å². The van der Waals surface area contributed by atoms with Crippen molar-refractivity contribution in [3.63, 3.8) is 0 Å². The van der Waals surface area contributed by atoms with Gasteiger partial charge in [0.05, 0.1) is 0 Å². The minimum absolute atomic E-state index is 0.0625. The number of hydrogen-bond donors (Lipinski definition) is 0. The molecule has 5 heteroatoms. The zero-order valence-corrected chi connectivity index (χ0v) is 4.39. The quantitative estimate of drug-likeness (QED) is 0.340. The van der Waals surface area contributed by atoms with E-state index >= 15 is 0 Å². The van der Waals surface area contributed by atoms with Crippen LogP contribution in [0.4, 0.5) is 0 Å². The summed E-state index contributed by atoms with van der Waals surface area (Å²) < 4.78 is -1.44. The van der Waals surface area contributed by atoms with E-state index in [1.54, 1.807) is 0 Å². The molecule has 0 spiro atoms. The minimum atomic E-state index is -1.44. The molecular weight excluding hydrogens is 126 g/mol. The number of nitrogens with zero attached hydrogens (tertiary/aromatic N) is 1. The van der Waals surface area contributed by atoms with Crippen LogP contribution in [-0.2, 0) is 19.2 Å². The van der Waals surface area contributed by atoms with Gasteiger partial charge in [0.2, 0.25) is 0 Å². The molecule has 0 aliphatic carbocycles. The van der Waals surface area contributed by atoms with E-state index in [1.165, 1.54) is 0 Å². The summed E-state index contributed by atoms with van der Waals surface area (Å²) in [6, 6.07) is 0. The Morgan fingerprint density at radius 3 is 0.889 bits per heavy atom. The Hall–Kier alpha value is -1.36. The van der Waals surface area contributed by atoms with Gasteiger partial charge in [-0.15, -0.1) is 0 Å². The molecule has 0 aliphatic rings. The Morgan fingerprint density at radius 1 is 0.667 bits per heavy atom. The van der Waals surface area contributed by atoms with Crippen LogP contribution in [0.5, 0.6) is 0 Å². The molecule has 0 saturated carbocycles. The van der Waals surface area contributed by atoms with Crippen LogP contribution in [0.1, 0.15) is 0 Å². The first kappa shape index (κ1) is 7.64. The number of quaternary nitrogens is 1. The van der Waals surface area contributed by atoms with Crippen LogP contribution in [0.2, 0.25) is 0 Å². The first-order valence-electron chi connectivity index (χ1n) is 1.98. The van der Waals surface area contributed by atoms with Gasteiger partial charge in [-0.1, -0.05) is 4.48 Å². The predicted molar refractivity (Wildman–Crippen MR) is 24.5 cm³/mol. The average Bonchev–Trinajstić information content (AvgIpc) is 1.95. The fourth-order valence-corrected chi connectivity index (χ4v) is 0.149. The Morgan fingerprint density at radius 2 is 0.889 bits per heavy atom. The lowest BCUT2D eigenvalue weighted by molar-refractivity contribution is -0.583. The highest BCUT2D eigenvalue weighted by Gasteiger charge is 2.25. The third kappa shape index (κ3) is 1.26. The molecule has 0 atom stereocenters. The van der Waals surface area contributed by atoms with Crippen molar-refractivity contribution in [1.29, 1.82) is 0 Å². The highest BCUT2D eigenvalue weighted by atomic mass is 16.2. The van der Waals surface area contributed by atoms with E-state index < -0.39 is 4.48 Å². The summed E-state index contributed by atoms with van der Waals surface area (Å²) in [6.07, 6.45) is -0.250. The number of carbonyl (C=O) groups is 4. The van der Waals surface area contributed by atoms with E-state index in [0.29, 0.717) is 0 Å². The van der Waals surface area contributed by atoms with Gasteiger partial charge in [0, 0.05) is 0 Å². The molecule has 0 aromatic carbocycles. The minimum Gasteiger partial charge on any atom is -0.232 e. The van der Waals surface area contributed by atoms with Crippen molar-refractivity contribution in [3.8, 4) is 0 Å². The third-order valence-electron chi connectivity index (χ3n) is 0.730. The SMILES string of the molecule is O=C[N+](C=O)(C=O)C=O. The van der Waals surface area contributed by atoms with Crippen LogP contribution in [0.3, 0.4) is 0 Å². The van der Waals surface area contributed by atoms with E-state index in [9.17, 15) is 19.2 Å². The van der Waals surface area contributed by atoms with Gasteiger partial charge in [-0.3, -0.25) is 0 Å². The van der Waals surface area contributed by atoms with E-state index in [2.05, 4.69) is 0 Å². The van der Waals surface area contributed by atoms with Gasteiger partial charge in [-0.05, 0) is 0 Å². The van der Waals surface area contributed by atoms with Crippen LogP contribution < -0.4 is 0 Å².